The maximum Gasteiger partial charge on any atom is 0.271 e. The van der Waals surface area contributed by atoms with Crippen LogP contribution in [-0.4, -0.2) is 40.5 Å². The van der Waals surface area contributed by atoms with E-state index in [2.05, 4.69) is 33.1 Å². The molecule has 2 fully saturated rings. The van der Waals surface area contributed by atoms with Crippen LogP contribution in [-0.2, 0) is 6.54 Å². The number of carbonyl (C=O) groups is 1. The maximum atomic E-state index is 13.1. The standard InChI is InChI=1S/C16H24BrN3O/c1-2-19-11-13(17)10-14(19)15(21)20-9-8-18-12-16(20)6-4-3-5-7-16/h10-11,18H,2-9,12H2,1H3. The van der Waals surface area contributed by atoms with Gasteiger partial charge in [-0.05, 0) is 41.8 Å². The molecule has 1 saturated heterocycles. The number of rotatable bonds is 2. The molecule has 1 saturated carbocycles. The van der Waals surface area contributed by atoms with Crippen LogP contribution in [0.3, 0.4) is 0 Å². The number of nitrogens with zero attached hydrogens (tertiary/aromatic N) is 2. The Hall–Kier alpha value is -0.810. The monoisotopic (exact) mass is 353 g/mol. The highest BCUT2D eigenvalue weighted by atomic mass is 79.9. The van der Waals surface area contributed by atoms with Crippen LogP contribution >= 0.6 is 15.9 Å². The molecule has 116 valence electrons. The summed E-state index contributed by atoms with van der Waals surface area (Å²) in [5.74, 6) is 0.200. The molecule has 5 heteroatoms. The van der Waals surface area contributed by atoms with Gasteiger partial charge in [0.15, 0.2) is 0 Å². The van der Waals surface area contributed by atoms with Gasteiger partial charge in [-0.1, -0.05) is 19.3 Å². The average molecular weight is 354 g/mol. The number of aromatic nitrogens is 1. The summed E-state index contributed by atoms with van der Waals surface area (Å²) in [6, 6.07) is 1.96. The van der Waals surface area contributed by atoms with E-state index in [1.54, 1.807) is 0 Å². The molecular formula is C16H24BrN3O. The van der Waals surface area contributed by atoms with Crippen LogP contribution in [0.4, 0.5) is 0 Å². The summed E-state index contributed by atoms with van der Waals surface area (Å²) in [5.41, 5.74) is 0.860. The minimum atomic E-state index is 0.0445. The lowest BCUT2D eigenvalue weighted by Gasteiger charge is -2.49. The maximum absolute atomic E-state index is 13.1. The van der Waals surface area contributed by atoms with E-state index in [1.165, 1.54) is 19.3 Å². The van der Waals surface area contributed by atoms with Gasteiger partial charge in [-0.25, -0.2) is 0 Å². The van der Waals surface area contributed by atoms with Crippen molar-refractivity contribution in [1.82, 2.24) is 14.8 Å². The summed E-state index contributed by atoms with van der Waals surface area (Å²) >= 11 is 3.50. The quantitative estimate of drug-likeness (QED) is 0.887. The van der Waals surface area contributed by atoms with E-state index in [4.69, 9.17) is 0 Å². The molecule has 1 aliphatic heterocycles. The van der Waals surface area contributed by atoms with Gasteiger partial charge in [0.2, 0.25) is 0 Å². The summed E-state index contributed by atoms with van der Waals surface area (Å²) in [4.78, 5) is 15.3. The van der Waals surface area contributed by atoms with Crippen LogP contribution in [0.2, 0.25) is 0 Å². The predicted molar refractivity (Wildman–Crippen MR) is 87.5 cm³/mol. The van der Waals surface area contributed by atoms with Gasteiger partial charge in [0, 0.05) is 36.8 Å². The van der Waals surface area contributed by atoms with E-state index >= 15 is 0 Å². The fourth-order valence-corrected chi connectivity index (χ4v) is 4.34. The van der Waals surface area contributed by atoms with Crippen LogP contribution in [0, 0.1) is 0 Å². The van der Waals surface area contributed by atoms with Crippen LogP contribution in [0.1, 0.15) is 49.5 Å². The predicted octanol–water partition coefficient (Wildman–Crippen LogP) is 3.02. The lowest BCUT2D eigenvalue weighted by molar-refractivity contribution is 0.0213. The minimum Gasteiger partial charge on any atom is -0.343 e. The summed E-state index contributed by atoms with van der Waals surface area (Å²) in [6.07, 6.45) is 8.07. The van der Waals surface area contributed by atoms with Crippen LogP contribution in [0.15, 0.2) is 16.7 Å². The average Bonchev–Trinajstić information content (AvgIpc) is 2.89. The molecule has 0 atom stereocenters. The number of halogens is 1. The highest BCUT2D eigenvalue weighted by molar-refractivity contribution is 9.10. The Morgan fingerprint density at radius 1 is 1.38 bits per heavy atom. The van der Waals surface area contributed by atoms with Crippen molar-refractivity contribution >= 4 is 21.8 Å². The van der Waals surface area contributed by atoms with Crippen molar-refractivity contribution < 1.29 is 4.79 Å². The third-order valence-corrected chi connectivity index (χ3v) is 5.42. The number of aryl methyl sites for hydroxylation is 1. The molecule has 1 spiro atoms. The van der Waals surface area contributed by atoms with E-state index in [0.29, 0.717) is 0 Å². The van der Waals surface area contributed by atoms with Crippen LogP contribution in [0.25, 0.3) is 0 Å². The molecule has 1 aromatic rings. The molecule has 0 radical (unpaired) electrons. The normalized spacial score (nSPS) is 21.7. The van der Waals surface area contributed by atoms with Gasteiger partial charge >= 0.3 is 0 Å². The Labute approximate surface area is 135 Å². The fourth-order valence-electron chi connectivity index (χ4n) is 3.87. The van der Waals surface area contributed by atoms with E-state index in [9.17, 15) is 4.79 Å². The number of piperazine rings is 1. The number of hydrogen-bond donors (Lipinski definition) is 1. The zero-order chi connectivity index (χ0) is 14.9. The van der Waals surface area contributed by atoms with Gasteiger partial charge in [0.1, 0.15) is 5.69 Å². The van der Waals surface area contributed by atoms with Crippen molar-refractivity contribution in [2.45, 2.75) is 51.1 Å². The Kier molecular flexibility index (Phi) is 4.41. The Morgan fingerprint density at radius 2 is 2.14 bits per heavy atom. The minimum absolute atomic E-state index is 0.0445. The van der Waals surface area contributed by atoms with Crippen LogP contribution in [0.5, 0.6) is 0 Å². The Bertz CT molecular complexity index is 511. The first kappa shape index (κ1) is 15.1. The molecule has 0 bridgehead atoms. The van der Waals surface area contributed by atoms with Crippen LogP contribution < -0.4 is 5.32 Å². The molecule has 21 heavy (non-hydrogen) atoms. The van der Waals surface area contributed by atoms with Gasteiger partial charge in [0.25, 0.3) is 5.91 Å². The molecule has 2 aliphatic rings. The molecule has 1 amide bonds. The van der Waals surface area contributed by atoms with Gasteiger partial charge in [-0.3, -0.25) is 4.79 Å². The molecule has 4 nitrogen and oxygen atoms in total. The van der Waals surface area contributed by atoms with Crippen molar-refractivity contribution in [3.63, 3.8) is 0 Å². The molecule has 1 aliphatic carbocycles. The number of hydrogen-bond acceptors (Lipinski definition) is 2. The van der Waals surface area contributed by atoms with Gasteiger partial charge in [0.05, 0.1) is 5.54 Å². The van der Waals surface area contributed by atoms with E-state index in [0.717, 1.165) is 49.2 Å². The van der Waals surface area contributed by atoms with E-state index < -0.39 is 0 Å². The Morgan fingerprint density at radius 3 is 2.86 bits per heavy atom. The lowest BCUT2D eigenvalue weighted by atomic mass is 9.79. The summed E-state index contributed by atoms with van der Waals surface area (Å²) in [7, 11) is 0. The van der Waals surface area contributed by atoms with Crippen molar-refractivity contribution in [2.75, 3.05) is 19.6 Å². The van der Waals surface area contributed by atoms with E-state index in [1.807, 2.05) is 16.8 Å². The molecule has 1 aromatic heterocycles. The highest BCUT2D eigenvalue weighted by Gasteiger charge is 2.42. The second-order valence-corrected chi connectivity index (χ2v) is 7.16. The molecular weight excluding hydrogens is 330 g/mol. The first-order chi connectivity index (χ1) is 10.2. The molecule has 1 N–H and O–H groups in total. The van der Waals surface area contributed by atoms with Gasteiger partial charge < -0.3 is 14.8 Å². The zero-order valence-electron chi connectivity index (χ0n) is 12.7. The fraction of sp³-hybridized carbons (Fsp3) is 0.688. The summed E-state index contributed by atoms with van der Waals surface area (Å²) in [5, 5.41) is 3.51. The molecule has 2 heterocycles. The summed E-state index contributed by atoms with van der Waals surface area (Å²) < 4.78 is 3.03. The van der Waals surface area contributed by atoms with Crippen molar-refractivity contribution in [3.05, 3.63) is 22.4 Å². The van der Waals surface area contributed by atoms with Crippen molar-refractivity contribution in [1.29, 1.82) is 0 Å². The number of amides is 1. The molecule has 3 rings (SSSR count). The van der Waals surface area contributed by atoms with Gasteiger partial charge in [-0.15, -0.1) is 0 Å². The molecule has 0 unspecified atom stereocenters. The second-order valence-electron chi connectivity index (χ2n) is 6.25. The first-order valence-electron chi connectivity index (χ1n) is 8.05. The number of carbonyl (C=O) groups excluding carboxylic acids is 1. The summed E-state index contributed by atoms with van der Waals surface area (Å²) in [6.45, 7) is 5.59. The van der Waals surface area contributed by atoms with E-state index in [-0.39, 0.29) is 11.4 Å². The zero-order valence-corrected chi connectivity index (χ0v) is 14.3. The second kappa shape index (κ2) is 6.13. The first-order valence-corrected chi connectivity index (χ1v) is 8.84. The number of nitrogens with one attached hydrogen (secondary N) is 1. The lowest BCUT2D eigenvalue weighted by Crippen LogP contribution is -2.63. The third kappa shape index (κ3) is 2.78. The van der Waals surface area contributed by atoms with Gasteiger partial charge in [-0.2, -0.15) is 0 Å². The topological polar surface area (TPSA) is 37.3 Å². The highest BCUT2D eigenvalue weighted by Crippen LogP contribution is 2.35. The largest absolute Gasteiger partial charge is 0.343 e. The third-order valence-electron chi connectivity index (χ3n) is 4.99. The molecule has 0 aromatic carbocycles. The van der Waals surface area contributed by atoms with Crippen molar-refractivity contribution in [3.8, 4) is 0 Å². The smallest absolute Gasteiger partial charge is 0.271 e. The SMILES string of the molecule is CCn1cc(Br)cc1C(=O)N1CCNCC12CCCCC2. The Balaban J connectivity index is 1.90. The van der Waals surface area contributed by atoms with Crippen molar-refractivity contribution in [2.24, 2.45) is 0 Å².